The second-order valence-corrected chi connectivity index (χ2v) is 9.92. The van der Waals surface area contributed by atoms with Gasteiger partial charge >= 0.3 is 0 Å². The number of amides is 1. The number of nitrogens with zero attached hydrogens (tertiary/aromatic N) is 1. The van der Waals surface area contributed by atoms with Crippen LogP contribution in [0.4, 0.5) is 5.69 Å². The Hall–Kier alpha value is -2.23. The normalized spacial score (nSPS) is 10.8. The van der Waals surface area contributed by atoms with Crippen LogP contribution in [0.2, 0.25) is 10.0 Å². The molecule has 0 aliphatic rings. The first-order valence-corrected chi connectivity index (χ1v) is 12.5. The lowest BCUT2D eigenvalue weighted by Gasteiger charge is -2.15. The zero-order chi connectivity index (χ0) is 23.5. The van der Waals surface area contributed by atoms with Gasteiger partial charge in [0.05, 0.1) is 32.0 Å². The first-order chi connectivity index (χ1) is 15.9. The van der Waals surface area contributed by atoms with Crippen molar-refractivity contribution >= 4 is 89.6 Å². The van der Waals surface area contributed by atoms with Gasteiger partial charge in [0.25, 0.3) is 5.91 Å². The summed E-state index contributed by atoms with van der Waals surface area (Å²) in [4.78, 5) is 17.4. The number of hydrogen-bond acceptors (Lipinski definition) is 5. The van der Waals surface area contributed by atoms with Gasteiger partial charge in [-0.05, 0) is 77.5 Å². The molecule has 0 fully saturated rings. The lowest BCUT2D eigenvalue weighted by molar-refractivity contribution is 0.0977. The molecule has 0 bridgehead atoms. The van der Waals surface area contributed by atoms with Gasteiger partial charge in [-0.1, -0.05) is 35.3 Å². The Labute approximate surface area is 218 Å². The van der Waals surface area contributed by atoms with Crippen LogP contribution in [0, 0.1) is 0 Å². The average Bonchev–Trinajstić information content (AvgIpc) is 3.21. The van der Waals surface area contributed by atoms with Gasteiger partial charge in [0.15, 0.2) is 5.11 Å². The molecule has 4 aromatic rings. The fraction of sp³-hybridized carbons (Fsp3) is 0.0870. The Morgan fingerprint density at radius 3 is 2.70 bits per heavy atom. The number of rotatable bonds is 5. The third-order valence-electron chi connectivity index (χ3n) is 4.54. The fourth-order valence-corrected chi connectivity index (χ4v) is 5.31. The molecule has 10 heteroatoms. The van der Waals surface area contributed by atoms with E-state index < -0.39 is 0 Å². The van der Waals surface area contributed by atoms with E-state index in [2.05, 4.69) is 31.5 Å². The zero-order valence-corrected chi connectivity index (χ0v) is 21.8. The van der Waals surface area contributed by atoms with Gasteiger partial charge in [0.2, 0.25) is 0 Å². The number of anilines is 1. The molecule has 0 radical (unpaired) electrons. The summed E-state index contributed by atoms with van der Waals surface area (Å²) in [6.45, 7) is 2.42. The largest absolute Gasteiger partial charge is 0.493 e. The summed E-state index contributed by atoms with van der Waals surface area (Å²) in [5.74, 6) is 0.283. The highest BCUT2D eigenvalue weighted by Crippen LogP contribution is 2.40. The number of carbonyl (C=O) groups excluding carboxylic acids is 1. The number of thiazole rings is 1. The fourth-order valence-electron chi connectivity index (χ4n) is 3.09. The van der Waals surface area contributed by atoms with Crippen molar-refractivity contribution in [1.82, 2.24) is 10.3 Å². The molecule has 0 unspecified atom stereocenters. The topological polar surface area (TPSA) is 63.2 Å². The Morgan fingerprint density at radius 1 is 1.18 bits per heavy atom. The monoisotopic (exact) mass is 579 g/mol. The molecule has 33 heavy (non-hydrogen) atoms. The molecule has 1 heterocycles. The molecule has 0 saturated carbocycles. The second kappa shape index (κ2) is 10.4. The number of carbonyl (C=O) groups is 1. The molecule has 0 aliphatic carbocycles. The molecule has 168 valence electrons. The molecule has 4 rings (SSSR count). The van der Waals surface area contributed by atoms with Crippen molar-refractivity contribution < 1.29 is 9.53 Å². The lowest BCUT2D eigenvalue weighted by Crippen LogP contribution is -2.34. The van der Waals surface area contributed by atoms with Gasteiger partial charge < -0.3 is 10.1 Å². The number of benzene rings is 3. The third kappa shape index (κ3) is 5.47. The summed E-state index contributed by atoms with van der Waals surface area (Å²) in [5, 5.41) is 7.37. The van der Waals surface area contributed by atoms with Crippen molar-refractivity contribution in [1.29, 1.82) is 0 Å². The van der Waals surface area contributed by atoms with E-state index in [1.165, 1.54) is 11.3 Å². The Balaban J connectivity index is 1.58. The average molecular weight is 581 g/mol. The number of fused-ring (bicyclic) bond motifs is 1. The zero-order valence-electron chi connectivity index (χ0n) is 17.1. The molecular formula is C23H16BrCl2N3O2S2. The van der Waals surface area contributed by atoms with Crippen LogP contribution in [0.25, 0.3) is 20.8 Å². The lowest BCUT2D eigenvalue weighted by atomic mass is 10.2. The summed E-state index contributed by atoms with van der Waals surface area (Å²) in [5.41, 5.74) is 2.49. The predicted octanol–water partition coefficient (Wildman–Crippen LogP) is 7.56. The van der Waals surface area contributed by atoms with Crippen LogP contribution in [-0.4, -0.2) is 22.6 Å². The molecule has 3 aromatic carbocycles. The SMILES string of the molecule is CCOc1ccc(C(=O)NC(=S)Nc2c(Cl)cc(Cl)cc2-c2nc3ccccc3s2)cc1Br. The first kappa shape index (κ1) is 23.9. The van der Waals surface area contributed by atoms with Crippen molar-refractivity contribution in [3.05, 3.63) is 74.7 Å². The highest BCUT2D eigenvalue weighted by Gasteiger charge is 2.18. The van der Waals surface area contributed by atoms with Crippen LogP contribution >= 0.6 is 62.7 Å². The molecule has 5 nitrogen and oxygen atoms in total. The summed E-state index contributed by atoms with van der Waals surface area (Å²) >= 11 is 23.1. The van der Waals surface area contributed by atoms with Crippen LogP contribution in [0.15, 0.2) is 59.1 Å². The number of halogens is 3. The van der Waals surface area contributed by atoms with E-state index in [4.69, 9.17) is 40.2 Å². The quantitative estimate of drug-likeness (QED) is 0.238. The van der Waals surface area contributed by atoms with E-state index in [-0.39, 0.29) is 11.0 Å². The first-order valence-electron chi connectivity index (χ1n) is 9.75. The highest BCUT2D eigenvalue weighted by molar-refractivity contribution is 9.10. The van der Waals surface area contributed by atoms with Crippen LogP contribution in [0.1, 0.15) is 17.3 Å². The summed E-state index contributed by atoms with van der Waals surface area (Å²) in [6, 6.07) is 16.3. The summed E-state index contributed by atoms with van der Waals surface area (Å²) in [6.07, 6.45) is 0. The minimum absolute atomic E-state index is 0.0941. The second-order valence-electron chi connectivity index (χ2n) is 6.78. The number of para-hydroxylation sites is 1. The number of nitrogens with one attached hydrogen (secondary N) is 2. The highest BCUT2D eigenvalue weighted by atomic mass is 79.9. The minimum Gasteiger partial charge on any atom is -0.493 e. The smallest absolute Gasteiger partial charge is 0.257 e. The third-order valence-corrected chi connectivity index (χ3v) is 6.95. The van der Waals surface area contributed by atoms with Gasteiger partial charge in [-0.25, -0.2) is 4.98 Å². The molecule has 1 aromatic heterocycles. The van der Waals surface area contributed by atoms with Gasteiger partial charge in [-0.2, -0.15) is 0 Å². The van der Waals surface area contributed by atoms with E-state index in [0.29, 0.717) is 43.7 Å². The van der Waals surface area contributed by atoms with Gasteiger partial charge in [-0.15, -0.1) is 11.3 Å². The molecule has 0 saturated heterocycles. The van der Waals surface area contributed by atoms with E-state index >= 15 is 0 Å². The number of aromatic nitrogens is 1. The molecule has 0 atom stereocenters. The molecule has 2 N–H and O–H groups in total. The van der Waals surface area contributed by atoms with Crippen LogP contribution in [0.3, 0.4) is 0 Å². The maximum Gasteiger partial charge on any atom is 0.257 e. The predicted molar refractivity (Wildman–Crippen MR) is 144 cm³/mol. The molecular weight excluding hydrogens is 565 g/mol. The van der Waals surface area contributed by atoms with Crippen molar-refractivity contribution in [3.63, 3.8) is 0 Å². The van der Waals surface area contributed by atoms with Gasteiger partial charge in [0.1, 0.15) is 10.8 Å². The van der Waals surface area contributed by atoms with Crippen molar-refractivity contribution in [2.24, 2.45) is 0 Å². The van der Waals surface area contributed by atoms with Crippen LogP contribution in [-0.2, 0) is 0 Å². The van der Waals surface area contributed by atoms with E-state index in [9.17, 15) is 4.79 Å². The van der Waals surface area contributed by atoms with Crippen molar-refractivity contribution in [2.45, 2.75) is 6.92 Å². The summed E-state index contributed by atoms with van der Waals surface area (Å²) < 4.78 is 7.19. The standard InChI is InChI=1S/C23H16BrCl2N3O2S2/c1-2-31-18-8-7-12(9-15(18)24)21(30)29-23(32)28-20-14(10-13(25)11-16(20)26)22-27-17-5-3-4-6-19(17)33-22/h3-11H,2H2,1H3,(H2,28,29,30,32). The maximum absolute atomic E-state index is 12.7. The minimum atomic E-state index is -0.372. The van der Waals surface area contributed by atoms with E-state index in [1.54, 1.807) is 30.3 Å². The van der Waals surface area contributed by atoms with Gasteiger partial charge in [0, 0.05) is 16.1 Å². The Kier molecular flexibility index (Phi) is 7.51. The Morgan fingerprint density at radius 2 is 1.97 bits per heavy atom. The molecule has 0 aliphatic heterocycles. The molecule has 1 amide bonds. The van der Waals surface area contributed by atoms with E-state index in [0.717, 1.165) is 15.2 Å². The maximum atomic E-state index is 12.7. The summed E-state index contributed by atoms with van der Waals surface area (Å²) in [7, 11) is 0. The van der Waals surface area contributed by atoms with Crippen molar-refractivity contribution in [2.75, 3.05) is 11.9 Å². The number of thiocarbonyl (C=S) groups is 1. The van der Waals surface area contributed by atoms with Crippen LogP contribution in [0.5, 0.6) is 5.75 Å². The Bertz CT molecular complexity index is 1340. The molecule has 0 spiro atoms. The van der Waals surface area contributed by atoms with Crippen LogP contribution < -0.4 is 15.4 Å². The number of ether oxygens (including phenoxy) is 1. The number of hydrogen-bond donors (Lipinski definition) is 2. The van der Waals surface area contributed by atoms with E-state index in [1.807, 2.05) is 31.2 Å². The van der Waals surface area contributed by atoms with Gasteiger partial charge in [-0.3, -0.25) is 10.1 Å². The van der Waals surface area contributed by atoms with Crippen molar-refractivity contribution in [3.8, 4) is 16.3 Å².